The van der Waals surface area contributed by atoms with E-state index in [1.165, 1.54) is 6.07 Å². The standard InChI is InChI=1S/C14H19BrFNO/c1-4-14(5-2,6-3)17-13(18)12-10(15)8-7-9-11(12)16/h7-9H,4-6H2,1-3H3,(H,17,18). The third-order valence-electron chi connectivity index (χ3n) is 3.60. The van der Waals surface area contributed by atoms with Crippen LogP contribution in [0.4, 0.5) is 4.39 Å². The van der Waals surface area contributed by atoms with Crippen LogP contribution in [-0.4, -0.2) is 11.4 Å². The molecule has 0 aromatic heterocycles. The molecule has 0 aliphatic heterocycles. The van der Waals surface area contributed by atoms with Gasteiger partial charge in [-0.3, -0.25) is 4.79 Å². The lowest BCUT2D eigenvalue weighted by Crippen LogP contribution is -2.47. The maximum atomic E-state index is 13.7. The van der Waals surface area contributed by atoms with Crippen LogP contribution in [0.15, 0.2) is 22.7 Å². The highest BCUT2D eigenvalue weighted by Crippen LogP contribution is 2.23. The Labute approximate surface area is 116 Å². The van der Waals surface area contributed by atoms with Gasteiger partial charge in [-0.2, -0.15) is 0 Å². The van der Waals surface area contributed by atoms with Gasteiger partial charge in [-0.1, -0.05) is 26.8 Å². The van der Waals surface area contributed by atoms with Crippen molar-refractivity contribution in [3.05, 3.63) is 34.1 Å². The summed E-state index contributed by atoms with van der Waals surface area (Å²) in [7, 11) is 0. The zero-order valence-corrected chi connectivity index (χ0v) is 12.6. The Kier molecular flexibility index (Phi) is 5.32. The molecule has 1 aromatic carbocycles. The molecular weight excluding hydrogens is 297 g/mol. The van der Waals surface area contributed by atoms with Gasteiger partial charge in [0.05, 0.1) is 5.56 Å². The summed E-state index contributed by atoms with van der Waals surface area (Å²) in [5, 5.41) is 2.97. The second-order valence-corrected chi connectivity index (χ2v) is 5.25. The minimum atomic E-state index is -0.501. The molecule has 0 fully saturated rings. The average Bonchev–Trinajstić information content (AvgIpc) is 2.36. The summed E-state index contributed by atoms with van der Waals surface area (Å²) in [6, 6.07) is 4.54. The molecule has 0 saturated carbocycles. The van der Waals surface area contributed by atoms with Crippen LogP contribution in [0.25, 0.3) is 0 Å². The highest BCUT2D eigenvalue weighted by atomic mass is 79.9. The molecule has 1 N–H and O–H groups in total. The Morgan fingerprint density at radius 3 is 2.28 bits per heavy atom. The second-order valence-electron chi connectivity index (χ2n) is 4.39. The molecule has 0 atom stereocenters. The van der Waals surface area contributed by atoms with Crippen molar-refractivity contribution in [3.8, 4) is 0 Å². The SMILES string of the molecule is CCC(CC)(CC)NC(=O)c1c(F)cccc1Br. The molecule has 0 bridgehead atoms. The largest absolute Gasteiger partial charge is 0.347 e. The lowest BCUT2D eigenvalue weighted by Gasteiger charge is -2.32. The molecule has 1 rings (SSSR count). The Balaban J connectivity index is 3.02. The van der Waals surface area contributed by atoms with Gasteiger partial charge < -0.3 is 5.32 Å². The van der Waals surface area contributed by atoms with Crippen LogP contribution in [0.2, 0.25) is 0 Å². The van der Waals surface area contributed by atoms with Gasteiger partial charge in [-0.05, 0) is 47.3 Å². The fraction of sp³-hybridized carbons (Fsp3) is 0.500. The molecule has 4 heteroatoms. The Bertz CT molecular complexity index is 401. The predicted molar refractivity (Wildman–Crippen MR) is 75.2 cm³/mol. The predicted octanol–water partition coefficient (Wildman–Crippen LogP) is 4.29. The number of hydrogen-bond donors (Lipinski definition) is 1. The van der Waals surface area contributed by atoms with Crippen LogP contribution in [0.5, 0.6) is 0 Å². The maximum absolute atomic E-state index is 13.7. The van der Waals surface area contributed by atoms with Crippen molar-refractivity contribution >= 4 is 21.8 Å². The molecule has 0 saturated heterocycles. The molecule has 0 spiro atoms. The minimum absolute atomic E-state index is 0.0808. The van der Waals surface area contributed by atoms with E-state index in [2.05, 4.69) is 21.2 Å². The van der Waals surface area contributed by atoms with E-state index in [1.54, 1.807) is 12.1 Å². The number of nitrogens with one attached hydrogen (secondary N) is 1. The summed E-state index contributed by atoms with van der Waals surface area (Å²) in [5.41, 5.74) is -0.170. The molecule has 0 aliphatic rings. The number of amides is 1. The molecule has 2 nitrogen and oxygen atoms in total. The third-order valence-corrected chi connectivity index (χ3v) is 4.26. The Hall–Kier alpha value is -0.900. The average molecular weight is 316 g/mol. The first-order valence-corrected chi connectivity index (χ1v) is 7.05. The first-order chi connectivity index (χ1) is 8.49. The topological polar surface area (TPSA) is 29.1 Å². The van der Waals surface area contributed by atoms with E-state index < -0.39 is 5.82 Å². The van der Waals surface area contributed by atoms with Crippen molar-refractivity contribution in [2.75, 3.05) is 0 Å². The molecule has 0 aliphatic carbocycles. The van der Waals surface area contributed by atoms with Crippen LogP contribution < -0.4 is 5.32 Å². The van der Waals surface area contributed by atoms with E-state index in [0.29, 0.717) is 4.47 Å². The van der Waals surface area contributed by atoms with E-state index in [4.69, 9.17) is 0 Å². The monoisotopic (exact) mass is 315 g/mol. The number of hydrogen-bond acceptors (Lipinski definition) is 1. The van der Waals surface area contributed by atoms with Crippen molar-refractivity contribution < 1.29 is 9.18 Å². The van der Waals surface area contributed by atoms with E-state index in [-0.39, 0.29) is 17.0 Å². The number of carbonyl (C=O) groups excluding carboxylic acids is 1. The van der Waals surface area contributed by atoms with Gasteiger partial charge in [0, 0.05) is 10.0 Å². The van der Waals surface area contributed by atoms with Gasteiger partial charge >= 0.3 is 0 Å². The molecule has 1 amide bonds. The normalized spacial score (nSPS) is 11.4. The minimum Gasteiger partial charge on any atom is -0.347 e. The van der Waals surface area contributed by atoms with Gasteiger partial charge in [-0.25, -0.2) is 4.39 Å². The lowest BCUT2D eigenvalue weighted by atomic mass is 9.89. The quantitative estimate of drug-likeness (QED) is 0.863. The van der Waals surface area contributed by atoms with Crippen LogP contribution in [0.3, 0.4) is 0 Å². The highest BCUT2D eigenvalue weighted by Gasteiger charge is 2.28. The maximum Gasteiger partial charge on any atom is 0.255 e. The summed E-state index contributed by atoms with van der Waals surface area (Å²) in [5.74, 6) is -0.857. The smallest absolute Gasteiger partial charge is 0.255 e. The molecule has 0 radical (unpaired) electrons. The van der Waals surface area contributed by atoms with Crippen molar-refractivity contribution in [1.29, 1.82) is 0 Å². The van der Waals surface area contributed by atoms with Crippen LogP contribution in [0.1, 0.15) is 50.4 Å². The van der Waals surface area contributed by atoms with Gasteiger partial charge in [0.1, 0.15) is 5.82 Å². The van der Waals surface area contributed by atoms with Gasteiger partial charge in [0.2, 0.25) is 0 Å². The lowest BCUT2D eigenvalue weighted by molar-refractivity contribution is 0.0883. The Morgan fingerprint density at radius 1 is 1.28 bits per heavy atom. The van der Waals surface area contributed by atoms with E-state index in [1.807, 2.05) is 20.8 Å². The molecule has 1 aromatic rings. The van der Waals surface area contributed by atoms with E-state index in [0.717, 1.165) is 19.3 Å². The summed E-state index contributed by atoms with van der Waals surface area (Å²) in [4.78, 5) is 12.2. The van der Waals surface area contributed by atoms with Crippen molar-refractivity contribution in [2.45, 2.75) is 45.6 Å². The van der Waals surface area contributed by atoms with Gasteiger partial charge in [0.25, 0.3) is 5.91 Å². The zero-order valence-electron chi connectivity index (χ0n) is 11.0. The molecule has 100 valence electrons. The van der Waals surface area contributed by atoms with Crippen molar-refractivity contribution in [1.82, 2.24) is 5.32 Å². The third kappa shape index (κ3) is 3.10. The highest BCUT2D eigenvalue weighted by molar-refractivity contribution is 9.10. The van der Waals surface area contributed by atoms with E-state index in [9.17, 15) is 9.18 Å². The van der Waals surface area contributed by atoms with Crippen LogP contribution >= 0.6 is 15.9 Å². The number of benzene rings is 1. The molecule has 0 unspecified atom stereocenters. The fourth-order valence-electron chi connectivity index (χ4n) is 2.03. The Morgan fingerprint density at radius 2 is 1.83 bits per heavy atom. The van der Waals surface area contributed by atoms with Crippen molar-refractivity contribution in [3.63, 3.8) is 0 Å². The zero-order chi connectivity index (χ0) is 13.8. The summed E-state index contributed by atoms with van der Waals surface area (Å²) < 4.78 is 14.2. The first-order valence-electron chi connectivity index (χ1n) is 6.26. The van der Waals surface area contributed by atoms with Crippen molar-refractivity contribution in [2.24, 2.45) is 0 Å². The second kappa shape index (κ2) is 6.32. The van der Waals surface area contributed by atoms with Gasteiger partial charge in [0.15, 0.2) is 0 Å². The number of halogens is 2. The number of rotatable bonds is 5. The number of carbonyl (C=O) groups is 1. The summed E-state index contributed by atoms with van der Waals surface area (Å²) in [6.45, 7) is 6.09. The molecule has 0 heterocycles. The first kappa shape index (κ1) is 15.2. The summed E-state index contributed by atoms with van der Waals surface area (Å²) >= 11 is 3.22. The van der Waals surface area contributed by atoms with Crippen LogP contribution in [0, 0.1) is 5.82 Å². The molecule has 18 heavy (non-hydrogen) atoms. The molecular formula is C14H19BrFNO. The van der Waals surface area contributed by atoms with Gasteiger partial charge in [-0.15, -0.1) is 0 Å². The van der Waals surface area contributed by atoms with E-state index >= 15 is 0 Å². The van der Waals surface area contributed by atoms with Crippen LogP contribution in [-0.2, 0) is 0 Å². The summed E-state index contributed by atoms with van der Waals surface area (Å²) in [6.07, 6.45) is 2.49. The fourth-order valence-corrected chi connectivity index (χ4v) is 2.56.